The lowest BCUT2D eigenvalue weighted by molar-refractivity contribution is -1.63. The highest BCUT2D eigenvalue weighted by molar-refractivity contribution is 9.08. The van der Waals surface area contributed by atoms with Gasteiger partial charge in [-0.05, 0) is 22.8 Å². The van der Waals surface area contributed by atoms with Gasteiger partial charge in [0.1, 0.15) is 0 Å². The van der Waals surface area contributed by atoms with Crippen LogP contribution in [0.15, 0.2) is 18.3 Å². The third-order valence-corrected chi connectivity index (χ3v) is 1.78. The number of aromatic nitrogens is 1. The average Bonchev–Trinajstić information content (AvgIpc) is 2.04. The molecule has 1 aromatic heterocycles. The first-order valence-corrected chi connectivity index (χ1v) is 6.41. The van der Waals surface area contributed by atoms with Crippen LogP contribution < -0.4 is 8.40 Å². The van der Waals surface area contributed by atoms with Gasteiger partial charge >= 0.3 is 14.8 Å². The highest BCUT2D eigenvalue weighted by atomic mass is 80.0. The maximum atomic E-state index is 8.63. The fraction of sp³-hybridized carbons (Fsp3) is 0.286. The standard InChI is InChI=1S/C7H8BrN.BrHO3/c1-6-3-2-4-9-7(6)5-8;2-1(3)4/h2-4H,5H2,1H3;2H. The van der Waals surface area contributed by atoms with Crippen LogP contribution in [0.2, 0.25) is 0 Å². The molecule has 13 heavy (non-hydrogen) atoms. The van der Waals surface area contributed by atoms with Gasteiger partial charge in [0.05, 0.1) is 5.69 Å². The second kappa shape index (κ2) is 7.40. The molecule has 0 amide bonds. The molecule has 1 heterocycles. The van der Waals surface area contributed by atoms with Crippen molar-refractivity contribution in [2.24, 2.45) is 0 Å². The quantitative estimate of drug-likeness (QED) is 0.699. The van der Waals surface area contributed by atoms with Crippen LogP contribution in [0.1, 0.15) is 11.3 Å². The van der Waals surface area contributed by atoms with Gasteiger partial charge in [0, 0.05) is 11.5 Å². The summed E-state index contributed by atoms with van der Waals surface area (Å²) in [5.74, 6) is 0. The van der Waals surface area contributed by atoms with E-state index in [0.29, 0.717) is 0 Å². The number of hydrogen-bond donors (Lipinski definition) is 1. The molecule has 0 fully saturated rings. The molecule has 0 atom stereocenters. The Morgan fingerprint density at radius 1 is 1.62 bits per heavy atom. The predicted molar refractivity (Wildman–Crippen MR) is 43.8 cm³/mol. The number of aryl methyl sites for hydroxylation is 1. The summed E-state index contributed by atoms with van der Waals surface area (Å²) in [4.78, 5) is 4.15. The van der Waals surface area contributed by atoms with Crippen LogP contribution >= 0.6 is 15.9 Å². The fourth-order valence-corrected chi connectivity index (χ4v) is 1.25. The van der Waals surface area contributed by atoms with E-state index in [0.717, 1.165) is 11.0 Å². The van der Waals surface area contributed by atoms with Gasteiger partial charge in [0.2, 0.25) is 0 Å². The molecule has 4 nitrogen and oxygen atoms in total. The molecule has 0 spiro atoms. The van der Waals surface area contributed by atoms with Crippen LogP contribution in [0.4, 0.5) is 0 Å². The van der Waals surface area contributed by atoms with E-state index in [4.69, 9.17) is 12.6 Å². The van der Waals surface area contributed by atoms with Crippen LogP contribution in [0.25, 0.3) is 0 Å². The number of pyridine rings is 1. The molecule has 0 saturated heterocycles. The summed E-state index contributed by atoms with van der Waals surface area (Å²) in [6.07, 6.45) is 1.81. The van der Waals surface area contributed by atoms with E-state index < -0.39 is 14.8 Å². The zero-order valence-corrected chi connectivity index (χ0v) is 10.1. The van der Waals surface area contributed by atoms with Crippen molar-refractivity contribution >= 4 is 15.9 Å². The molecule has 0 aromatic carbocycles. The van der Waals surface area contributed by atoms with Crippen molar-refractivity contribution in [3.8, 4) is 0 Å². The minimum Gasteiger partial charge on any atom is -0.372 e. The van der Waals surface area contributed by atoms with Crippen LogP contribution in [0.3, 0.4) is 0 Å². The van der Waals surface area contributed by atoms with Gasteiger partial charge in [-0.1, -0.05) is 22.0 Å². The lowest BCUT2D eigenvalue weighted by atomic mass is 10.2. The van der Waals surface area contributed by atoms with Gasteiger partial charge in [-0.3, -0.25) is 4.98 Å². The van der Waals surface area contributed by atoms with Gasteiger partial charge < -0.3 is 8.40 Å². The second-order valence-corrected chi connectivity index (χ2v) is 3.51. The molecule has 0 aliphatic rings. The number of hydrogen-bond acceptors (Lipinski definition) is 4. The van der Waals surface area contributed by atoms with Gasteiger partial charge in [0.15, 0.2) is 0 Å². The molecule has 1 aromatic rings. The summed E-state index contributed by atoms with van der Waals surface area (Å²) in [6, 6.07) is 4.01. The summed E-state index contributed by atoms with van der Waals surface area (Å²) in [5, 5.41) is 0.847. The first kappa shape index (κ1) is 13.0. The summed E-state index contributed by atoms with van der Waals surface area (Å²) in [7, 11) is 0. The van der Waals surface area contributed by atoms with Crippen LogP contribution in [-0.4, -0.2) is 9.18 Å². The lowest BCUT2D eigenvalue weighted by Gasteiger charge is -1.96. The van der Waals surface area contributed by atoms with Crippen molar-refractivity contribution in [2.75, 3.05) is 0 Å². The summed E-state index contributed by atoms with van der Waals surface area (Å²) >= 11 is -0.0500. The lowest BCUT2D eigenvalue weighted by Crippen LogP contribution is -2.30. The Balaban J connectivity index is 0.000000310. The van der Waals surface area contributed by atoms with Crippen molar-refractivity contribution in [1.29, 1.82) is 0 Å². The Kier molecular flexibility index (Phi) is 7.39. The van der Waals surface area contributed by atoms with Crippen LogP contribution in [-0.2, 0) is 5.33 Å². The molecule has 0 saturated carbocycles. The van der Waals surface area contributed by atoms with Crippen molar-refractivity contribution in [1.82, 2.24) is 4.98 Å². The largest absolute Gasteiger partial charge is 0.433 e. The summed E-state index contributed by atoms with van der Waals surface area (Å²) < 4.78 is 24.3. The van der Waals surface area contributed by atoms with Crippen molar-refractivity contribution in [2.45, 2.75) is 12.3 Å². The van der Waals surface area contributed by atoms with Crippen LogP contribution in [0.5, 0.6) is 0 Å². The third kappa shape index (κ3) is 7.09. The van der Waals surface area contributed by atoms with E-state index >= 15 is 0 Å². The minimum atomic E-state index is -3.40. The van der Waals surface area contributed by atoms with Crippen LogP contribution in [0, 0.1) is 21.7 Å². The minimum absolute atomic E-state index is 0.847. The van der Waals surface area contributed by atoms with E-state index in [-0.39, 0.29) is 0 Å². The Labute approximate surface area is 90.2 Å². The predicted octanol–water partition coefficient (Wildman–Crippen LogP) is -0.650. The smallest absolute Gasteiger partial charge is 0.372 e. The molecule has 0 bridgehead atoms. The maximum absolute atomic E-state index is 8.63. The molecule has 1 N–H and O–H groups in total. The normalized spacial score (nSPS) is 9.38. The van der Waals surface area contributed by atoms with E-state index in [1.165, 1.54) is 5.56 Å². The van der Waals surface area contributed by atoms with Crippen molar-refractivity contribution in [3.63, 3.8) is 0 Å². The highest BCUT2D eigenvalue weighted by Gasteiger charge is 1.92. The van der Waals surface area contributed by atoms with Crippen molar-refractivity contribution in [3.05, 3.63) is 29.6 Å². The number of halogens is 2. The fourth-order valence-electron chi connectivity index (χ4n) is 0.658. The Hall–Kier alpha value is -0.0100. The Morgan fingerprint density at radius 3 is 2.46 bits per heavy atom. The first-order valence-electron chi connectivity index (χ1n) is 3.29. The second-order valence-electron chi connectivity index (χ2n) is 2.10. The van der Waals surface area contributed by atoms with E-state index in [1.807, 2.05) is 12.3 Å². The highest BCUT2D eigenvalue weighted by Crippen LogP contribution is 2.06. The SMILES string of the molecule is Cc1cccnc1CBr.[O-][Br+2]([O-])O. The zero-order chi connectivity index (χ0) is 10.3. The Morgan fingerprint density at radius 2 is 2.15 bits per heavy atom. The molecular weight excluding hydrogens is 306 g/mol. The number of nitrogens with zero attached hydrogens (tertiary/aromatic N) is 1. The molecular formula is C7H9Br2NO3. The third-order valence-electron chi connectivity index (χ3n) is 1.24. The summed E-state index contributed by atoms with van der Waals surface area (Å²) in [6.45, 7) is 2.06. The number of rotatable bonds is 1. The van der Waals surface area contributed by atoms with E-state index in [2.05, 4.69) is 33.9 Å². The molecule has 6 heteroatoms. The maximum Gasteiger partial charge on any atom is 0.433 e. The van der Waals surface area contributed by atoms with Gasteiger partial charge in [-0.25, -0.2) is 0 Å². The molecule has 0 aliphatic carbocycles. The summed E-state index contributed by atoms with van der Waals surface area (Å²) in [5.41, 5.74) is 2.37. The Bertz CT molecular complexity index is 242. The molecule has 0 aliphatic heterocycles. The topological polar surface area (TPSA) is 79.2 Å². The monoisotopic (exact) mass is 313 g/mol. The van der Waals surface area contributed by atoms with Gasteiger partial charge in [-0.15, -0.1) is 0 Å². The molecule has 0 unspecified atom stereocenters. The van der Waals surface area contributed by atoms with Gasteiger partial charge in [0.25, 0.3) is 0 Å². The van der Waals surface area contributed by atoms with E-state index in [9.17, 15) is 0 Å². The number of alkyl halides is 1. The molecule has 74 valence electrons. The van der Waals surface area contributed by atoms with Crippen molar-refractivity contribution < 1.29 is 27.4 Å². The average molecular weight is 315 g/mol. The molecule has 0 radical (unpaired) electrons. The van der Waals surface area contributed by atoms with Gasteiger partial charge in [-0.2, -0.15) is 0 Å². The van der Waals surface area contributed by atoms with E-state index in [1.54, 1.807) is 0 Å². The molecule has 1 rings (SSSR count). The zero-order valence-electron chi connectivity index (χ0n) is 6.91. The first-order chi connectivity index (χ1) is 6.07.